The Morgan fingerprint density at radius 1 is 0.952 bits per heavy atom. The minimum atomic E-state index is 0.575. The largest absolute Gasteiger partial charge is 0.490 e. The van der Waals surface area contributed by atoms with Crippen molar-refractivity contribution in [3.63, 3.8) is 0 Å². The zero-order valence-corrected chi connectivity index (χ0v) is 12.5. The van der Waals surface area contributed by atoms with Gasteiger partial charge >= 0.3 is 0 Å². The van der Waals surface area contributed by atoms with Crippen molar-refractivity contribution in [2.24, 2.45) is 0 Å². The van der Waals surface area contributed by atoms with E-state index in [2.05, 4.69) is 37.3 Å². The standard InChI is InChI=1S/C19H22O2/c1-2-12-20-19-13-17(16-8-9-16)10-11-18(19)21-14-15-6-4-3-5-7-15/h3-7,10-11,13,16H,2,8-9,12,14H2,1H3. The fourth-order valence-electron chi connectivity index (χ4n) is 2.37. The van der Waals surface area contributed by atoms with Crippen molar-refractivity contribution in [1.82, 2.24) is 0 Å². The molecule has 0 spiro atoms. The Morgan fingerprint density at radius 2 is 1.76 bits per heavy atom. The van der Waals surface area contributed by atoms with Gasteiger partial charge < -0.3 is 9.47 Å². The minimum absolute atomic E-state index is 0.575. The average molecular weight is 282 g/mol. The van der Waals surface area contributed by atoms with Crippen molar-refractivity contribution >= 4 is 0 Å². The molecule has 0 N–H and O–H groups in total. The second kappa shape index (κ2) is 6.66. The molecule has 21 heavy (non-hydrogen) atoms. The Hall–Kier alpha value is -1.96. The highest BCUT2D eigenvalue weighted by Crippen LogP contribution is 2.43. The summed E-state index contributed by atoms with van der Waals surface area (Å²) in [7, 11) is 0. The van der Waals surface area contributed by atoms with Gasteiger partial charge in [-0.2, -0.15) is 0 Å². The minimum Gasteiger partial charge on any atom is -0.490 e. The quantitative estimate of drug-likeness (QED) is 0.716. The molecule has 0 saturated heterocycles. The van der Waals surface area contributed by atoms with Crippen LogP contribution in [0.25, 0.3) is 0 Å². The fraction of sp³-hybridized carbons (Fsp3) is 0.368. The van der Waals surface area contributed by atoms with Crippen molar-refractivity contribution in [2.75, 3.05) is 6.61 Å². The van der Waals surface area contributed by atoms with Crippen LogP contribution in [0.5, 0.6) is 11.5 Å². The summed E-state index contributed by atoms with van der Waals surface area (Å²) in [4.78, 5) is 0. The van der Waals surface area contributed by atoms with Crippen LogP contribution in [0.4, 0.5) is 0 Å². The highest BCUT2D eigenvalue weighted by Gasteiger charge is 2.24. The van der Waals surface area contributed by atoms with Crippen LogP contribution in [0.3, 0.4) is 0 Å². The Bertz CT molecular complexity index is 573. The summed E-state index contributed by atoms with van der Waals surface area (Å²) in [6, 6.07) is 16.6. The SMILES string of the molecule is CCCOc1cc(C2CC2)ccc1OCc1ccccc1. The molecular weight excluding hydrogens is 260 g/mol. The van der Waals surface area contributed by atoms with Crippen LogP contribution in [0, 0.1) is 0 Å². The summed E-state index contributed by atoms with van der Waals surface area (Å²) in [5.41, 5.74) is 2.55. The summed E-state index contributed by atoms with van der Waals surface area (Å²) in [6.45, 7) is 3.43. The molecule has 1 aliphatic carbocycles. The maximum atomic E-state index is 5.95. The maximum Gasteiger partial charge on any atom is 0.161 e. The van der Waals surface area contributed by atoms with Gasteiger partial charge in [-0.3, -0.25) is 0 Å². The second-order valence-electron chi connectivity index (χ2n) is 5.60. The van der Waals surface area contributed by atoms with Gasteiger partial charge in [-0.15, -0.1) is 0 Å². The number of ether oxygens (including phenoxy) is 2. The maximum absolute atomic E-state index is 5.95. The number of hydrogen-bond acceptors (Lipinski definition) is 2. The molecule has 110 valence electrons. The van der Waals surface area contributed by atoms with Gasteiger partial charge in [0.05, 0.1) is 6.61 Å². The number of rotatable bonds is 7. The van der Waals surface area contributed by atoms with Gasteiger partial charge in [-0.05, 0) is 48.4 Å². The average Bonchev–Trinajstić information content (AvgIpc) is 3.37. The summed E-state index contributed by atoms with van der Waals surface area (Å²) in [5.74, 6) is 2.46. The van der Waals surface area contributed by atoms with Crippen LogP contribution in [-0.4, -0.2) is 6.61 Å². The van der Waals surface area contributed by atoms with E-state index in [1.807, 2.05) is 18.2 Å². The Kier molecular flexibility index (Phi) is 4.44. The van der Waals surface area contributed by atoms with Crippen LogP contribution in [0.1, 0.15) is 43.2 Å². The molecule has 0 heterocycles. The monoisotopic (exact) mass is 282 g/mol. The molecule has 0 unspecified atom stereocenters. The molecule has 0 bridgehead atoms. The Balaban J connectivity index is 1.72. The summed E-state index contributed by atoms with van der Waals surface area (Å²) < 4.78 is 11.8. The summed E-state index contributed by atoms with van der Waals surface area (Å²) in [5, 5.41) is 0. The van der Waals surface area contributed by atoms with E-state index in [0.29, 0.717) is 6.61 Å². The predicted octanol–water partition coefficient (Wildman–Crippen LogP) is 4.93. The number of benzene rings is 2. The smallest absolute Gasteiger partial charge is 0.161 e. The summed E-state index contributed by atoms with van der Waals surface area (Å²) in [6.07, 6.45) is 3.61. The molecule has 1 saturated carbocycles. The van der Waals surface area contributed by atoms with Crippen LogP contribution in [-0.2, 0) is 6.61 Å². The van der Waals surface area contributed by atoms with Crippen LogP contribution in [0.2, 0.25) is 0 Å². The molecule has 2 aromatic rings. The van der Waals surface area contributed by atoms with Gasteiger partial charge in [0.15, 0.2) is 11.5 Å². The lowest BCUT2D eigenvalue weighted by atomic mass is 10.1. The van der Waals surface area contributed by atoms with Gasteiger partial charge in [0.2, 0.25) is 0 Å². The second-order valence-corrected chi connectivity index (χ2v) is 5.60. The molecule has 0 atom stereocenters. The first-order chi connectivity index (χ1) is 10.4. The van der Waals surface area contributed by atoms with Gasteiger partial charge in [0, 0.05) is 0 Å². The molecule has 1 fully saturated rings. The molecule has 0 radical (unpaired) electrons. The van der Waals surface area contributed by atoms with E-state index >= 15 is 0 Å². The molecule has 0 aliphatic heterocycles. The van der Waals surface area contributed by atoms with Gasteiger partial charge in [0.25, 0.3) is 0 Å². The van der Waals surface area contributed by atoms with Crippen molar-refractivity contribution < 1.29 is 9.47 Å². The third-order valence-corrected chi connectivity index (χ3v) is 3.72. The van der Waals surface area contributed by atoms with Crippen molar-refractivity contribution in [3.8, 4) is 11.5 Å². The van der Waals surface area contributed by atoms with Crippen molar-refractivity contribution in [1.29, 1.82) is 0 Å². The Labute approximate surface area is 126 Å². The molecule has 0 amide bonds. The van der Waals surface area contributed by atoms with E-state index in [1.165, 1.54) is 24.0 Å². The van der Waals surface area contributed by atoms with Crippen LogP contribution >= 0.6 is 0 Å². The first-order valence-corrected chi connectivity index (χ1v) is 7.80. The highest BCUT2D eigenvalue weighted by atomic mass is 16.5. The summed E-state index contributed by atoms with van der Waals surface area (Å²) >= 11 is 0. The van der Waals surface area contributed by atoms with E-state index in [4.69, 9.17) is 9.47 Å². The van der Waals surface area contributed by atoms with Gasteiger partial charge in [-0.1, -0.05) is 43.3 Å². The topological polar surface area (TPSA) is 18.5 Å². The molecule has 1 aliphatic rings. The first-order valence-electron chi connectivity index (χ1n) is 7.80. The Morgan fingerprint density at radius 3 is 2.48 bits per heavy atom. The van der Waals surface area contributed by atoms with Crippen LogP contribution < -0.4 is 9.47 Å². The first kappa shape index (κ1) is 14.0. The fourth-order valence-corrected chi connectivity index (χ4v) is 2.37. The van der Waals surface area contributed by atoms with E-state index in [1.54, 1.807) is 0 Å². The normalized spacial score (nSPS) is 14.0. The third-order valence-electron chi connectivity index (χ3n) is 3.72. The zero-order chi connectivity index (χ0) is 14.5. The zero-order valence-electron chi connectivity index (χ0n) is 12.5. The predicted molar refractivity (Wildman–Crippen MR) is 85.0 cm³/mol. The number of hydrogen-bond donors (Lipinski definition) is 0. The van der Waals surface area contributed by atoms with E-state index in [-0.39, 0.29) is 0 Å². The van der Waals surface area contributed by atoms with Crippen molar-refractivity contribution in [3.05, 3.63) is 59.7 Å². The van der Waals surface area contributed by atoms with Crippen molar-refractivity contribution in [2.45, 2.75) is 38.7 Å². The lowest BCUT2D eigenvalue weighted by molar-refractivity contribution is 0.261. The van der Waals surface area contributed by atoms with E-state index < -0.39 is 0 Å². The molecule has 2 nitrogen and oxygen atoms in total. The van der Waals surface area contributed by atoms with Gasteiger partial charge in [-0.25, -0.2) is 0 Å². The molecule has 2 aromatic carbocycles. The molecule has 3 rings (SSSR count). The van der Waals surface area contributed by atoms with Crippen LogP contribution in [0.15, 0.2) is 48.5 Å². The van der Waals surface area contributed by atoms with E-state index in [0.717, 1.165) is 30.4 Å². The van der Waals surface area contributed by atoms with Gasteiger partial charge in [0.1, 0.15) is 6.61 Å². The third kappa shape index (κ3) is 3.78. The molecular formula is C19H22O2. The molecule has 0 aromatic heterocycles. The lowest BCUT2D eigenvalue weighted by Gasteiger charge is -2.14. The lowest BCUT2D eigenvalue weighted by Crippen LogP contribution is -2.01. The molecule has 2 heteroatoms. The highest BCUT2D eigenvalue weighted by molar-refractivity contribution is 5.45. The van der Waals surface area contributed by atoms with E-state index in [9.17, 15) is 0 Å².